The van der Waals surface area contributed by atoms with Crippen LogP contribution in [0, 0.1) is 10.1 Å². The molecule has 0 spiro atoms. The first kappa shape index (κ1) is 14.8. The van der Waals surface area contributed by atoms with Crippen molar-refractivity contribution in [1.29, 1.82) is 0 Å². The van der Waals surface area contributed by atoms with Gasteiger partial charge in [0.2, 0.25) is 5.91 Å². The number of anilines is 1. The second-order valence-corrected chi connectivity index (χ2v) is 5.71. The first-order chi connectivity index (χ1) is 9.56. The molecule has 1 saturated carbocycles. The van der Waals surface area contributed by atoms with Crippen molar-refractivity contribution in [3.63, 3.8) is 0 Å². The fourth-order valence-corrected chi connectivity index (χ4v) is 2.15. The summed E-state index contributed by atoms with van der Waals surface area (Å²) in [4.78, 5) is 22.0. The van der Waals surface area contributed by atoms with E-state index in [-0.39, 0.29) is 11.6 Å². The maximum atomic E-state index is 11.5. The molecule has 0 atom stereocenters. The van der Waals surface area contributed by atoms with Gasteiger partial charge in [-0.3, -0.25) is 14.9 Å². The van der Waals surface area contributed by atoms with Crippen LogP contribution in [-0.2, 0) is 4.79 Å². The number of nitrogens with zero attached hydrogens (tertiary/aromatic N) is 1. The minimum absolute atomic E-state index is 0.0295. The van der Waals surface area contributed by atoms with E-state index in [9.17, 15) is 14.9 Å². The van der Waals surface area contributed by atoms with E-state index in [1.54, 1.807) is 12.1 Å². The molecule has 0 radical (unpaired) electrons. The van der Waals surface area contributed by atoms with Crippen LogP contribution in [0.3, 0.4) is 0 Å². The lowest BCUT2D eigenvalue weighted by Gasteiger charge is -2.07. The van der Waals surface area contributed by atoms with Crippen LogP contribution in [0.15, 0.2) is 22.7 Å². The van der Waals surface area contributed by atoms with Crippen LogP contribution in [0.4, 0.5) is 11.4 Å². The molecule has 7 heteroatoms. The van der Waals surface area contributed by atoms with E-state index in [2.05, 4.69) is 26.6 Å². The van der Waals surface area contributed by atoms with Crippen LogP contribution >= 0.6 is 15.9 Å². The van der Waals surface area contributed by atoms with E-state index in [1.807, 2.05) is 0 Å². The number of nitro benzene ring substituents is 1. The van der Waals surface area contributed by atoms with Crippen LogP contribution in [-0.4, -0.2) is 23.4 Å². The van der Waals surface area contributed by atoms with Gasteiger partial charge in [0.1, 0.15) is 5.69 Å². The molecule has 2 rings (SSSR count). The number of nitrogens with one attached hydrogen (secondary N) is 2. The van der Waals surface area contributed by atoms with E-state index in [4.69, 9.17) is 0 Å². The smallest absolute Gasteiger partial charge is 0.293 e. The van der Waals surface area contributed by atoms with Gasteiger partial charge in [-0.05, 0) is 31.4 Å². The average molecular weight is 342 g/mol. The normalized spacial score (nSPS) is 13.8. The number of nitro groups is 1. The van der Waals surface area contributed by atoms with Crippen molar-refractivity contribution < 1.29 is 9.72 Å². The molecule has 1 amide bonds. The van der Waals surface area contributed by atoms with E-state index in [0.29, 0.717) is 35.6 Å². The summed E-state index contributed by atoms with van der Waals surface area (Å²) in [5, 5.41) is 16.8. The van der Waals surface area contributed by atoms with Gasteiger partial charge in [-0.15, -0.1) is 0 Å². The summed E-state index contributed by atoms with van der Waals surface area (Å²) in [6.45, 7) is 0.528. The fourth-order valence-electron chi connectivity index (χ4n) is 1.80. The van der Waals surface area contributed by atoms with Crippen molar-refractivity contribution in [2.24, 2.45) is 0 Å². The molecule has 1 aromatic carbocycles. The Kier molecular flexibility index (Phi) is 4.94. The third-order valence-electron chi connectivity index (χ3n) is 3.00. The van der Waals surface area contributed by atoms with Gasteiger partial charge in [-0.2, -0.15) is 0 Å². The molecule has 2 N–H and O–H groups in total. The molecular weight excluding hydrogens is 326 g/mol. The summed E-state index contributed by atoms with van der Waals surface area (Å²) in [7, 11) is 0. The second-order valence-electron chi connectivity index (χ2n) is 4.79. The van der Waals surface area contributed by atoms with Gasteiger partial charge in [0.25, 0.3) is 5.69 Å². The van der Waals surface area contributed by atoms with Crippen molar-refractivity contribution >= 4 is 33.2 Å². The van der Waals surface area contributed by atoms with Crippen LogP contribution in [0.25, 0.3) is 0 Å². The SMILES string of the molecule is O=C(CCCNc1ccc(Br)cc1[N+](=O)[O-])NC1CC1. The number of hydrogen-bond acceptors (Lipinski definition) is 4. The lowest BCUT2D eigenvalue weighted by atomic mass is 10.2. The molecule has 0 aromatic heterocycles. The van der Waals surface area contributed by atoms with E-state index >= 15 is 0 Å². The zero-order valence-electron chi connectivity index (χ0n) is 10.9. The molecule has 0 bridgehead atoms. The highest BCUT2D eigenvalue weighted by Crippen LogP contribution is 2.27. The number of halogens is 1. The van der Waals surface area contributed by atoms with Gasteiger partial charge < -0.3 is 10.6 Å². The maximum absolute atomic E-state index is 11.5. The van der Waals surface area contributed by atoms with E-state index in [0.717, 1.165) is 12.8 Å². The van der Waals surface area contributed by atoms with Crippen LogP contribution < -0.4 is 10.6 Å². The van der Waals surface area contributed by atoms with Gasteiger partial charge in [-0.25, -0.2) is 0 Å². The first-order valence-electron chi connectivity index (χ1n) is 6.53. The molecule has 0 unspecified atom stereocenters. The Bertz CT molecular complexity index is 518. The third kappa shape index (κ3) is 4.48. The standard InChI is InChI=1S/C13H16BrN3O3/c14-9-3-6-11(12(8-9)17(19)20)15-7-1-2-13(18)16-10-4-5-10/h3,6,8,10,15H,1-2,4-5,7H2,(H,16,18). The highest BCUT2D eigenvalue weighted by atomic mass is 79.9. The minimum Gasteiger partial charge on any atom is -0.379 e. The summed E-state index contributed by atoms with van der Waals surface area (Å²) >= 11 is 3.21. The summed E-state index contributed by atoms with van der Waals surface area (Å²) in [5.41, 5.74) is 0.502. The fraction of sp³-hybridized carbons (Fsp3) is 0.462. The van der Waals surface area contributed by atoms with Crippen molar-refractivity contribution in [2.75, 3.05) is 11.9 Å². The molecule has 6 nitrogen and oxygen atoms in total. The minimum atomic E-state index is -0.424. The number of rotatable bonds is 7. The highest BCUT2D eigenvalue weighted by Gasteiger charge is 2.22. The molecule has 1 aliphatic carbocycles. The van der Waals surface area contributed by atoms with Crippen LogP contribution in [0.2, 0.25) is 0 Å². The summed E-state index contributed by atoms with van der Waals surface area (Å²) in [6, 6.07) is 5.24. The molecule has 20 heavy (non-hydrogen) atoms. The number of benzene rings is 1. The van der Waals surface area contributed by atoms with Gasteiger partial charge in [0.15, 0.2) is 0 Å². The molecule has 0 aliphatic heterocycles. The van der Waals surface area contributed by atoms with Crippen molar-refractivity contribution in [1.82, 2.24) is 5.32 Å². The monoisotopic (exact) mass is 341 g/mol. The van der Waals surface area contributed by atoms with Gasteiger partial charge in [-0.1, -0.05) is 15.9 Å². The van der Waals surface area contributed by atoms with Gasteiger partial charge in [0, 0.05) is 29.5 Å². The Morgan fingerprint density at radius 1 is 1.45 bits per heavy atom. The van der Waals surface area contributed by atoms with Crippen molar-refractivity contribution in [3.05, 3.63) is 32.8 Å². The number of amides is 1. The van der Waals surface area contributed by atoms with Crippen LogP contribution in [0.5, 0.6) is 0 Å². The third-order valence-corrected chi connectivity index (χ3v) is 3.49. The van der Waals surface area contributed by atoms with Gasteiger partial charge in [0.05, 0.1) is 4.92 Å². The average Bonchev–Trinajstić information content (AvgIpc) is 3.19. The molecule has 0 saturated heterocycles. The highest BCUT2D eigenvalue weighted by molar-refractivity contribution is 9.10. The lowest BCUT2D eigenvalue weighted by Crippen LogP contribution is -2.25. The molecule has 1 fully saturated rings. The Morgan fingerprint density at radius 2 is 2.20 bits per heavy atom. The Morgan fingerprint density at radius 3 is 2.85 bits per heavy atom. The number of carbonyl (C=O) groups excluding carboxylic acids is 1. The Hall–Kier alpha value is -1.63. The molecule has 0 heterocycles. The van der Waals surface area contributed by atoms with E-state index in [1.165, 1.54) is 6.07 Å². The molecule has 1 aromatic rings. The predicted molar refractivity (Wildman–Crippen MR) is 79.7 cm³/mol. The maximum Gasteiger partial charge on any atom is 0.293 e. The largest absolute Gasteiger partial charge is 0.379 e. The second kappa shape index (κ2) is 6.69. The topological polar surface area (TPSA) is 84.3 Å². The zero-order chi connectivity index (χ0) is 14.5. The number of carbonyl (C=O) groups is 1. The van der Waals surface area contributed by atoms with E-state index < -0.39 is 4.92 Å². The Balaban J connectivity index is 1.78. The summed E-state index contributed by atoms with van der Waals surface area (Å²) in [5.74, 6) is 0.0552. The van der Waals surface area contributed by atoms with Crippen molar-refractivity contribution in [2.45, 2.75) is 31.7 Å². The number of hydrogen-bond donors (Lipinski definition) is 2. The molecule has 1 aliphatic rings. The lowest BCUT2D eigenvalue weighted by molar-refractivity contribution is -0.384. The Labute approximate surface area is 125 Å². The molecular formula is C13H16BrN3O3. The van der Waals surface area contributed by atoms with Crippen molar-refractivity contribution in [3.8, 4) is 0 Å². The zero-order valence-corrected chi connectivity index (χ0v) is 12.5. The summed E-state index contributed by atoms with van der Waals surface area (Å²) < 4.78 is 0.665. The predicted octanol–water partition coefficient (Wildman–Crippen LogP) is 2.83. The summed E-state index contributed by atoms with van der Waals surface area (Å²) in [6.07, 6.45) is 3.24. The molecule has 108 valence electrons. The quantitative estimate of drug-likeness (QED) is 0.453. The van der Waals surface area contributed by atoms with Gasteiger partial charge >= 0.3 is 0 Å². The first-order valence-corrected chi connectivity index (χ1v) is 7.33. The van der Waals surface area contributed by atoms with Crippen LogP contribution in [0.1, 0.15) is 25.7 Å².